The van der Waals surface area contributed by atoms with Crippen LogP contribution in [0.2, 0.25) is 0 Å². The van der Waals surface area contributed by atoms with Crippen molar-refractivity contribution in [3.8, 4) is 0 Å². The number of rotatable bonds is 5. The second-order valence-electron chi connectivity index (χ2n) is 7.30. The molecule has 0 amide bonds. The molecule has 1 aliphatic heterocycles. The minimum Gasteiger partial charge on any atom is -0.329 e. The topological polar surface area (TPSA) is 32.5 Å². The van der Waals surface area contributed by atoms with Crippen LogP contribution in [0.1, 0.15) is 51.4 Å². The van der Waals surface area contributed by atoms with Crippen LogP contribution in [0.15, 0.2) is 0 Å². The zero-order valence-corrected chi connectivity index (χ0v) is 13.7. The SMILES string of the molecule is CN(C)CC1CCN(C(CN)C2CCCCCC2)CC1. The average Bonchev–Trinajstić information content (AvgIpc) is 2.70. The van der Waals surface area contributed by atoms with Gasteiger partial charge in [-0.05, 0) is 64.7 Å². The molecule has 1 saturated heterocycles. The van der Waals surface area contributed by atoms with E-state index < -0.39 is 0 Å². The van der Waals surface area contributed by atoms with Crippen LogP contribution in [-0.2, 0) is 0 Å². The summed E-state index contributed by atoms with van der Waals surface area (Å²) in [6, 6.07) is 0.661. The zero-order valence-electron chi connectivity index (χ0n) is 13.7. The first-order valence-corrected chi connectivity index (χ1v) is 8.79. The van der Waals surface area contributed by atoms with Crippen molar-refractivity contribution in [1.82, 2.24) is 9.80 Å². The maximum absolute atomic E-state index is 6.15. The van der Waals surface area contributed by atoms with Gasteiger partial charge in [0.1, 0.15) is 0 Å². The quantitative estimate of drug-likeness (QED) is 0.786. The van der Waals surface area contributed by atoms with Crippen molar-refractivity contribution in [3.05, 3.63) is 0 Å². The zero-order chi connectivity index (χ0) is 14.4. The number of piperidine rings is 1. The lowest BCUT2D eigenvalue weighted by atomic mass is 9.88. The highest BCUT2D eigenvalue weighted by molar-refractivity contribution is 4.85. The summed E-state index contributed by atoms with van der Waals surface area (Å²) in [5.41, 5.74) is 6.15. The van der Waals surface area contributed by atoms with Gasteiger partial charge in [0.2, 0.25) is 0 Å². The Kier molecular flexibility index (Phi) is 6.79. The van der Waals surface area contributed by atoms with Gasteiger partial charge in [0.25, 0.3) is 0 Å². The summed E-state index contributed by atoms with van der Waals surface area (Å²) in [5.74, 6) is 1.77. The average molecular weight is 281 g/mol. The molecule has 2 aliphatic rings. The summed E-state index contributed by atoms with van der Waals surface area (Å²) >= 11 is 0. The van der Waals surface area contributed by atoms with Crippen LogP contribution in [0, 0.1) is 11.8 Å². The summed E-state index contributed by atoms with van der Waals surface area (Å²) in [5, 5.41) is 0. The van der Waals surface area contributed by atoms with Crippen LogP contribution in [0.25, 0.3) is 0 Å². The van der Waals surface area contributed by atoms with Gasteiger partial charge in [0, 0.05) is 19.1 Å². The van der Waals surface area contributed by atoms with E-state index >= 15 is 0 Å². The molecule has 2 N–H and O–H groups in total. The molecule has 1 heterocycles. The third-order valence-corrected chi connectivity index (χ3v) is 5.43. The van der Waals surface area contributed by atoms with Crippen molar-refractivity contribution < 1.29 is 0 Å². The van der Waals surface area contributed by atoms with E-state index in [0.717, 1.165) is 18.4 Å². The highest BCUT2D eigenvalue weighted by Gasteiger charge is 2.30. The number of hydrogen-bond donors (Lipinski definition) is 1. The van der Waals surface area contributed by atoms with Gasteiger partial charge in [-0.15, -0.1) is 0 Å². The summed E-state index contributed by atoms with van der Waals surface area (Å²) in [4.78, 5) is 5.06. The highest BCUT2D eigenvalue weighted by Crippen LogP contribution is 2.30. The minimum atomic E-state index is 0.661. The molecule has 2 fully saturated rings. The summed E-state index contributed by atoms with van der Waals surface area (Å²) in [6.45, 7) is 4.67. The number of nitrogens with zero attached hydrogens (tertiary/aromatic N) is 2. The monoisotopic (exact) mass is 281 g/mol. The van der Waals surface area contributed by atoms with Gasteiger partial charge in [-0.3, -0.25) is 4.90 Å². The van der Waals surface area contributed by atoms with Gasteiger partial charge in [-0.1, -0.05) is 25.7 Å². The fourth-order valence-corrected chi connectivity index (χ4v) is 4.32. The van der Waals surface area contributed by atoms with Gasteiger partial charge in [-0.2, -0.15) is 0 Å². The Morgan fingerprint density at radius 1 is 1.00 bits per heavy atom. The first-order valence-electron chi connectivity index (χ1n) is 8.79. The molecule has 1 unspecified atom stereocenters. The second kappa shape index (κ2) is 8.35. The first kappa shape index (κ1) is 16.3. The fraction of sp³-hybridized carbons (Fsp3) is 1.00. The van der Waals surface area contributed by atoms with E-state index in [1.165, 1.54) is 71.0 Å². The van der Waals surface area contributed by atoms with E-state index in [1.54, 1.807) is 0 Å². The van der Waals surface area contributed by atoms with Gasteiger partial charge in [0.05, 0.1) is 0 Å². The molecule has 0 spiro atoms. The smallest absolute Gasteiger partial charge is 0.0246 e. The van der Waals surface area contributed by atoms with Gasteiger partial charge in [0.15, 0.2) is 0 Å². The Morgan fingerprint density at radius 2 is 1.60 bits per heavy atom. The second-order valence-corrected chi connectivity index (χ2v) is 7.30. The van der Waals surface area contributed by atoms with E-state index in [9.17, 15) is 0 Å². The van der Waals surface area contributed by atoms with Gasteiger partial charge in [-0.25, -0.2) is 0 Å². The summed E-state index contributed by atoms with van der Waals surface area (Å²) in [7, 11) is 4.39. The van der Waals surface area contributed by atoms with Crippen LogP contribution in [0.5, 0.6) is 0 Å². The standard InChI is InChI=1S/C17H35N3/c1-19(2)14-15-9-11-20(12-10-15)17(13-18)16-7-5-3-4-6-8-16/h15-17H,3-14,18H2,1-2H3. The largest absolute Gasteiger partial charge is 0.329 e. The van der Waals surface area contributed by atoms with E-state index in [-0.39, 0.29) is 0 Å². The Balaban J connectivity index is 1.83. The first-order chi connectivity index (χ1) is 9.70. The van der Waals surface area contributed by atoms with Crippen molar-refractivity contribution in [2.75, 3.05) is 40.3 Å². The van der Waals surface area contributed by atoms with E-state index in [4.69, 9.17) is 5.73 Å². The molecule has 2 rings (SSSR count). The Bertz CT molecular complexity index is 251. The molecule has 1 aliphatic carbocycles. The molecular formula is C17H35N3. The van der Waals surface area contributed by atoms with E-state index in [1.807, 2.05) is 0 Å². The van der Waals surface area contributed by atoms with E-state index in [2.05, 4.69) is 23.9 Å². The maximum Gasteiger partial charge on any atom is 0.0246 e. The molecule has 3 heteroatoms. The van der Waals surface area contributed by atoms with Crippen LogP contribution in [0.4, 0.5) is 0 Å². The van der Waals surface area contributed by atoms with Crippen molar-refractivity contribution >= 4 is 0 Å². The summed E-state index contributed by atoms with van der Waals surface area (Å²) in [6.07, 6.45) is 11.3. The van der Waals surface area contributed by atoms with Crippen LogP contribution in [-0.4, -0.2) is 56.1 Å². The number of likely N-dealkylation sites (tertiary alicyclic amines) is 1. The molecule has 0 radical (unpaired) electrons. The lowest BCUT2D eigenvalue weighted by Gasteiger charge is -2.41. The van der Waals surface area contributed by atoms with Crippen molar-refractivity contribution in [3.63, 3.8) is 0 Å². The minimum absolute atomic E-state index is 0.661. The molecule has 3 nitrogen and oxygen atoms in total. The summed E-state index contributed by atoms with van der Waals surface area (Å²) < 4.78 is 0. The molecule has 0 aromatic rings. The Labute approximate surface area is 125 Å². The third-order valence-electron chi connectivity index (χ3n) is 5.43. The van der Waals surface area contributed by atoms with Crippen LogP contribution >= 0.6 is 0 Å². The maximum atomic E-state index is 6.15. The molecule has 0 bridgehead atoms. The van der Waals surface area contributed by atoms with Gasteiger partial charge < -0.3 is 10.6 Å². The van der Waals surface area contributed by atoms with E-state index in [0.29, 0.717) is 6.04 Å². The predicted molar refractivity (Wildman–Crippen MR) is 86.9 cm³/mol. The Hall–Kier alpha value is -0.120. The van der Waals surface area contributed by atoms with Crippen LogP contribution in [0.3, 0.4) is 0 Å². The number of hydrogen-bond acceptors (Lipinski definition) is 3. The van der Waals surface area contributed by atoms with Gasteiger partial charge >= 0.3 is 0 Å². The predicted octanol–water partition coefficient (Wildman–Crippen LogP) is 2.56. The van der Waals surface area contributed by atoms with Crippen molar-refractivity contribution in [2.24, 2.45) is 17.6 Å². The molecule has 1 saturated carbocycles. The molecule has 0 aromatic carbocycles. The lowest BCUT2D eigenvalue weighted by molar-refractivity contribution is 0.0851. The lowest BCUT2D eigenvalue weighted by Crippen LogP contribution is -2.49. The van der Waals surface area contributed by atoms with Crippen molar-refractivity contribution in [2.45, 2.75) is 57.4 Å². The molecule has 0 aromatic heterocycles. The third kappa shape index (κ3) is 4.71. The molecule has 1 atom stereocenters. The fourth-order valence-electron chi connectivity index (χ4n) is 4.32. The molecule has 118 valence electrons. The highest BCUT2D eigenvalue weighted by atomic mass is 15.2. The number of nitrogens with two attached hydrogens (primary N) is 1. The molecule has 20 heavy (non-hydrogen) atoms. The van der Waals surface area contributed by atoms with Crippen LogP contribution < -0.4 is 5.73 Å². The molecular weight excluding hydrogens is 246 g/mol. The van der Waals surface area contributed by atoms with Crippen molar-refractivity contribution in [1.29, 1.82) is 0 Å². The Morgan fingerprint density at radius 3 is 2.10 bits per heavy atom. The normalized spacial score (nSPS) is 25.8.